The lowest BCUT2D eigenvalue weighted by Gasteiger charge is -2.25. The lowest BCUT2D eigenvalue weighted by molar-refractivity contribution is 0.0933. The van der Waals surface area contributed by atoms with Gasteiger partial charge in [-0.05, 0) is 43.2 Å². The highest BCUT2D eigenvalue weighted by atomic mass is 35.5. The molecule has 0 heterocycles. The zero-order valence-electron chi connectivity index (χ0n) is 18.2. The van der Waals surface area contributed by atoms with E-state index >= 15 is 0 Å². The molecule has 0 bridgehead atoms. The van der Waals surface area contributed by atoms with Crippen LogP contribution < -0.4 is 14.4 Å². The van der Waals surface area contributed by atoms with Crippen molar-refractivity contribution < 1.29 is 17.9 Å². The third-order valence-electron chi connectivity index (χ3n) is 5.61. The number of sulfonamides is 1. The average molecular weight is 477 g/mol. The van der Waals surface area contributed by atoms with Crippen LogP contribution in [-0.2, 0) is 10.0 Å². The number of nitrogens with one attached hydrogen (secondary N) is 1. The number of anilines is 1. The van der Waals surface area contributed by atoms with Gasteiger partial charge in [0.25, 0.3) is 15.9 Å². The summed E-state index contributed by atoms with van der Waals surface area (Å²) in [5.74, 6) is 0.0599. The van der Waals surface area contributed by atoms with Gasteiger partial charge < -0.3 is 10.1 Å². The van der Waals surface area contributed by atoms with E-state index in [1.807, 2.05) is 0 Å². The lowest BCUT2D eigenvalue weighted by atomic mass is 10.1. The molecule has 1 amide bonds. The summed E-state index contributed by atoms with van der Waals surface area (Å²) in [6.07, 6.45) is 7.82. The zero-order chi connectivity index (χ0) is 23.1. The molecular weight excluding hydrogens is 448 g/mol. The maximum Gasteiger partial charge on any atom is 0.264 e. The van der Waals surface area contributed by atoms with Crippen molar-refractivity contribution in [3.8, 4) is 5.75 Å². The summed E-state index contributed by atoms with van der Waals surface area (Å²) in [6, 6.07) is 11.1. The molecule has 0 spiro atoms. The Morgan fingerprint density at radius 2 is 1.88 bits per heavy atom. The van der Waals surface area contributed by atoms with Crippen LogP contribution in [0.15, 0.2) is 60.0 Å². The molecule has 0 saturated heterocycles. The van der Waals surface area contributed by atoms with Crippen LogP contribution in [0.4, 0.5) is 5.69 Å². The number of rotatable bonds is 8. The first-order valence-corrected chi connectivity index (χ1v) is 12.6. The third kappa shape index (κ3) is 5.45. The first-order chi connectivity index (χ1) is 15.4. The summed E-state index contributed by atoms with van der Waals surface area (Å²) < 4.78 is 33.7. The van der Waals surface area contributed by atoms with Crippen molar-refractivity contribution >= 4 is 33.2 Å². The van der Waals surface area contributed by atoms with Crippen molar-refractivity contribution in [3.63, 3.8) is 0 Å². The first-order valence-electron chi connectivity index (χ1n) is 10.8. The highest BCUT2D eigenvalue weighted by Crippen LogP contribution is 2.33. The second-order valence-electron chi connectivity index (χ2n) is 7.80. The molecule has 0 aromatic heterocycles. The van der Waals surface area contributed by atoms with Gasteiger partial charge in [0.15, 0.2) is 0 Å². The number of methoxy groups -OCH3 is 1. The molecule has 172 valence electrons. The Labute approximate surface area is 195 Å². The van der Waals surface area contributed by atoms with Crippen LogP contribution in [0.3, 0.4) is 0 Å². The minimum absolute atomic E-state index is 0.0272. The van der Waals surface area contributed by atoms with E-state index in [1.165, 1.54) is 48.5 Å². The van der Waals surface area contributed by atoms with Gasteiger partial charge in [-0.2, -0.15) is 0 Å². The summed E-state index contributed by atoms with van der Waals surface area (Å²) in [7, 11) is -2.54. The maximum absolute atomic E-state index is 13.6. The fourth-order valence-electron chi connectivity index (χ4n) is 3.93. The SMILES string of the molecule is C=CCN(c1ccccc1OC)S(=O)(=O)c1ccc(Cl)c(C(=O)NC2CCCCCC2)c1. The molecule has 0 radical (unpaired) electrons. The molecule has 2 aromatic rings. The molecule has 2 aromatic carbocycles. The van der Waals surface area contributed by atoms with Gasteiger partial charge in [-0.3, -0.25) is 9.10 Å². The van der Waals surface area contributed by atoms with Crippen LogP contribution in [0.5, 0.6) is 5.75 Å². The van der Waals surface area contributed by atoms with Gasteiger partial charge in [0.2, 0.25) is 0 Å². The van der Waals surface area contributed by atoms with Crippen molar-refractivity contribution in [1.29, 1.82) is 0 Å². The molecule has 1 aliphatic rings. The van der Waals surface area contributed by atoms with Crippen LogP contribution in [0, 0.1) is 0 Å². The van der Waals surface area contributed by atoms with Crippen LogP contribution in [0.25, 0.3) is 0 Å². The Morgan fingerprint density at radius 3 is 2.53 bits per heavy atom. The summed E-state index contributed by atoms with van der Waals surface area (Å²) in [5, 5.41) is 3.24. The van der Waals surface area contributed by atoms with Gasteiger partial charge in [-0.1, -0.05) is 55.5 Å². The van der Waals surface area contributed by atoms with E-state index in [2.05, 4.69) is 11.9 Å². The number of nitrogens with zero attached hydrogens (tertiary/aromatic N) is 1. The molecule has 0 unspecified atom stereocenters. The molecule has 1 saturated carbocycles. The summed E-state index contributed by atoms with van der Waals surface area (Å²) in [6.45, 7) is 3.73. The Kier molecular flexibility index (Phi) is 8.21. The van der Waals surface area contributed by atoms with E-state index in [9.17, 15) is 13.2 Å². The van der Waals surface area contributed by atoms with Crippen molar-refractivity contribution in [2.45, 2.75) is 49.5 Å². The highest BCUT2D eigenvalue weighted by Gasteiger charge is 2.28. The maximum atomic E-state index is 13.6. The average Bonchev–Trinajstić information content (AvgIpc) is 3.06. The van der Waals surface area contributed by atoms with Crippen molar-refractivity contribution in [1.82, 2.24) is 5.32 Å². The van der Waals surface area contributed by atoms with E-state index in [4.69, 9.17) is 16.3 Å². The highest BCUT2D eigenvalue weighted by molar-refractivity contribution is 7.92. The smallest absolute Gasteiger partial charge is 0.264 e. The van der Waals surface area contributed by atoms with Crippen LogP contribution in [-0.4, -0.2) is 34.0 Å². The number of carbonyl (C=O) groups is 1. The van der Waals surface area contributed by atoms with E-state index in [1.54, 1.807) is 24.3 Å². The van der Waals surface area contributed by atoms with Gasteiger partial charge >= 0.3 is 0 Å². The number of carbonyl (C=O) groups excluding carboxylic acids is 1. The summed E-state index contributed by atoms with van der Waals surface area (Å²) in [4.78, 5) is 12.9. The number of amides is 1. The van der Waals surface area contributed by atoms with Crippen LogP contribution in [0.2, 0.25) is 5.02 Å². The second kappa shape index (κ2) is 10.9. The molecule has 0 aliphatic heterocycles. The number of benzene rings is 2. The summed E-state index contributed by atoms with van der Waals surface area (Å²) in [5.41, 5.74) is 0.532. The molecule has 32 heavy (non-hydrogen) atoms. The summed E-state index contributed by atoms with van der Waals surface area (Å²) >= 11 is 6.29. The minimum atomic E-state index is -4.02. The zero-order valence-corrected chi connectivity index (χ0v) is 19.8. The van der Waals surface area contributed by atoms with E-state index in [0.717, 1.165) is 25.7 Å². The van der Waals surface area contributed by atoms with Crippen molar-refractivity contribution in [2.75, 3.05) is 18.0 Å². The molecule has 1 N–H and O–H groups in total. The molecule has 6 nitrogen and oxygen atoms in total. The number of halogens is 1. The van der Waals surface area contributed by atoms with Gasteiger partial charge in [0.1, 0.15) is 5.75 Å². The number of ether oxygens (including phenoxy) is 1. The molecule has 1 aliphatic carbocycles. The van der Waals surface area contributed by atoms with Gasteiger partial charge in [-0.25, -0.2) is 8.42 Å². The Bertz CT molecular complexity index is 1060. The van der Waals surface area contributed by atoms with Gasteiger partial charge in [0, 0.05) is 6.04 Å². The van der Waals surface area contributed by atoms with Crippen molar-refractivity contribution in [2.24, 2.45) is 0 Å². The fourth-order valence-corrected chi connectivity index (χ4v) is 5.61. The monoisotopic (exact) mass is 476 g/mol. The van der Waals surface area contributed by atoms with Crippen LogP contribution >= 0.6 is 11.6 Å². The first kappa shape index (κ1) is 24.1. The molecule has 3 rings (SSSR count). The standard InChI is InChI=1S/C24H29ClN2O4S/c1-3-16-27(22-12-8-9-13-23(22)31-2)32(29,30)19-14-15-21(25)20(17-19)24(28)26-18-10-6-4-5-7-11-18/h3,8-9,12-15,17-18H,1,4-7,10-11,16H2,2H3,(H,26,28). The Balaban J connectivity index is 1.95. The Hall–Kier alpha value is -2.51. The van der Waals surface area contributed by atoms with Crippen molar-refractivity contribution in [3.05, 3.63) is 65.7 Å². The quantitative estimate of drug-likeness (QED) is 0.420. The van der Waals surface area contributed by atoms with Gasteiger partial charge in [-0.15, -0.1) is 6.58 Å². The van der Waals surface area contributed by atoms with Gasteiger partial charge in [0.05, 0.1) is 34.8 Å². The molecule has 1 fully saturated rings. The predicted octanol–water partition coefficient (Wildman–Crippen LogP) is 5.18. The van der Waals surface area contributed by atoms with E-state index in [-0.39, 0.29) is 34.0 Å². The topological polar surface area (TPSA) is 75.7 Å². The van der Waals surface area contributed by atoms with E-state index in [0.29, 0.717) is 11.4 Å². The second-order valence-corrected chi connectivity index (χ2v) is 10.1. The minimum Gasteiger partial charge on any atom is -0.495 e. The normalized spacial score (nSPS) is 14.9. The largest absolute Gasteiger partial charge is 0.495 e. The third-order valence-corrected chi connectivity index (χ3v) is 7.71. The van der Waals surface area contributed by atoms with E-state index < -0.39 is 10.0 Å². The number of para-hydroxylation sites is 2. The number of hydrogen-bond donors (Lipinski definition) is 1. The molecule has 0 atom stereocenters. The lowest BCUT2D eigenvalue weighted by Crippen LogP contribution is -2.35. The fraction of sp³-hybridized carbons (Fsp3) is 0.375. The van der Waals surface area contributed by atoms with Crippen LogP contribution in [0.1, 0.15) is 48.9 Å². The Morgan fingerprint density at radius 1 is 1.19 bits per heavy atom. The number of hydrogen-bond acceptors (Lipinski definition) is 4. The molecule has 8 heteroatoms. The predicted molar refractivity (Wildman–Crippen MR) is 128 cm³/mol. The molecular formula is C24H29ClN2O4S.